The molecule has 156 valence electrons. The molecule has 0 N–H and O–H groups in total. The minimum absolute atomic E-state index is 0.113. The Bertz CT molecular complexity index is 884. The van der Waals surface area contributed by atoms with E-state index in [0.29, 0.717) is 36.6 Å². The van der Waals surface area contributed by atoms with Gasteiger partial charge in [0.25, 0.3) is 0 Å². The summed E-state index contributed by atoms with van der Waals surface area (Å²) in [6.45, 7) is 4.59. The standard InChI is InChI=1S/C21H25NO7/c1-11(23)28-13-6-17-21(18(7-13)29-12(2)24)4-5-22(17)9-14-15(21)8-16-20(19(14)25-3)27-10-26-16/h8,13,17-18H,4-7,9-10H2,1-3H3. The Kier molecular flexibility index (Phi) is 4.17. The van der Waals surface area contributed by atoms with Gasteiger partial charge in [0.15, 0.2) is 11.5 Å². The number of nitrogens with zero attached hydrogens (tertiary/aromatic N) is 1. The molecular formula is C21H25NO7. The number of carbonyl (C=O) groups is 2. The first kappa shape index (κ1) is 18.5. The maximum absolute atomic E-state index is 12.0. The molecule has 8 heteroatoms. The molecule has 29 heavy (non-hydrogen) atoms. The fourth-order valence-corrected chi connectivity index (χ4v) is 5.91. The maximum atomic E-state index is 12.0. The van der Waals surface area contributed by atoms with E-state index in [4.69, 9.17) is 23.7 Å². The molecule has 0 aromatic heterocycles. The lowest BCUT2D eigenvalue weighted by atomic mass is 9.61. The largest absolute Gasteiger partial charge is 0.492 e. The molecule has 5 unspecified atom stereocenters. The molecule has 3 aliphatic heterocycles. The molecule has 1 saturated heterocycles. The van der Waals surface area contributed by atoms with Gasteiger partial charge in [0.1, 0.15) is 12.2 Å². The molecule has 2 bridgehead atoms. The van der Waals surface area contributed by atoms with Crippen molar-refractivity contribution >= 4 is 11.9 Å². The van der Waals surface area contributed by atoms with E-state index in [1.54, 1.807) is 7.11 Å². The predicted octanol–water partition coefficient (Wildman–Crippen LogP) is 1.91. The Balaban J connectivity index is 1.66. The van der Waals surface area contributed by atoms with Crippen molar-refractivity contribution in [2.24, 2.45) is 0 Å². The smallest absolute Gasteiger partial charge is 0.302 e. The molecule has 4 aliphatic rings. The van der Waals surface area contributed by atoms with Gasteiger partial charge in [0.2, 0.25) is 12.5 Å². The first-order valence-corrected chi connectivity index (χ1v) is 10.0. The van der Waals surface area contributed by atoms with Crippen LogP contribution in [0.15, 0.2) is 6.07 Å². The summed E-state index contributed by atoms with van der Waals surface area (Å²) in [5.41, 5.74) is 1.78. The Labute approximate surface area is 169 Å². The van der Waals surface area contributed by atoms with Crippen molar-refractivity contribution < 1.29 is 33.3 Å². The molecule has 2 fully saturated rings. The van der Waals surface area contributed by atoms with Crippen molar-refractivity contribution in [3.63, 3.8) is 0 Å². The van der Waals surface area contributed by atoms with E-state index in [2.05, 4.69) is 4.90 Å². The van der Waals surface area contributed by atoms with Gasteiger partial charge in [0.05, 0.1) is 7.11 Å². The lowest BCUT2D eigenvalue weighted by Crippen LogP contribution is -2.60. The second kappa shape index (κ2) is 6.52. The summed E-state index contributed by atoms with van der Waals surface area (Å²) in [4.78, 5) is 26.0. The van der Waals surface area contributed by atoms with E-state index in [1.807, 2.05) is 6.07 Å². The van der Waals surface area contributed by atoms with Crippen LogP contribution in [0.1, 0.15) is 44.2 Å². The second-order valence-corrected chi connectivity index (χ2v) is 8.25. The van der Waals surface area contributed by atoms with Crippen LogP contribution in [-0.4, -0.2) is 55.5 Å². The normalized spacial score (nSPS) is 33.5. The van der Waals surface area contributed by atoms with Crippen LogP contribution in [0.2, 0.25) is 0 Å². The Morgan fingerprint density at radius 1 is 1.17 bits per heavy atom. The first-order chi connectivity index (χ1) is 13.9. The summed E-state index contributed by atoms with van der Waals surface area (Å²) in [6.07, 6.45) is 1.40. The molecule has 1 aromatic carbocycles. The van der Waals surface area contributed by atoms with Gasteiger partial charge >= 0.3 is 11.9 Å². The van der Waals surface area contributed by atoms with E-state index in [-0.39, 0.29) is 36.3 Å². The molecule has 5 rings (SSSR count). The third-order valence-corrected chi connectivity index (χ3v) is 6.82. The SMILES string of the molecule is COc1c2c(cc3c1OCO3)C13CCN(C2)C1CC(OC(C)=O)CC3OC(C)=O. The number of esters is 2. The lowest BCUT2D eigenvalue weighted by Gasteiger charge is -2.52. The second-order valence-electron chi connectivity index (χ2n) is 8.25. The van der Waals surface area contributed by atoms with Gasteiger partial charge in [0, 0.05) is 50.3 Å². The van der Waals surface area contributed by atoms with E-state index in [0.717, 1.165) is 24.1 Å². The van der Waals surface area contributed by atoms with E-state index < -0.39 is 6.10 Å². The summed E-state index contributed by atoms with van der Waals surface area (Å²) < 4.78 is 28.5. The van der Waals surface area contributed by atoms with Crippen LogP contribution in [-0.2, 0) is 31.0 Å². The summed E-state index contributed by atoms with van der Waals surface area (Å²) in [5.74, 6) is 1.36. The highest BCUT2D eigenvalue weighted by molar-refractivity contribution is 5.68. The highest BCUT2D eigenvalue weighted by Crippen LogP contribution is 2.59. The number of carbonyl (C=O) groups excluding carboxylic acids is 2. The number of ether oxygens (including phenoxy) is 5. The Morgan fingerprint density at radius 2 is 1.97 bits per heavy atom. The van der Waals surface area contributed by atoms with Gasteiger partial charge in [-0.2, -0.15) is 0 Å². The summed E-state index contributed by atoms with van der Waals surface area (Å²) in [5, 5.41) is 0. The molecular weight excluding hydrogens is 378 g/mol. The van der Waals surface area contributed by atoms with Crippen molar-refractivity contribution in [1.29, 1.82) is 0 Å². The van der Waals surface area contributed by atoms with Crippen LogP contribution in [0, 0.1) is 0 Å². The molecule has 1 aromatic rings. The molecule has 0 spiro atoms. The molecule has 0 amide bonds. The van der Waals surface area contributed by atoms with Gasteiger partial charge < -0.3 is 23.7 Å². The van der Waals surface area contributed by atoms with Crippen LogP contribution in [0.4, 0.5) is 0 Å². The van der Waals surface area contributed by atoms with Gasteiger partial charge in [-0.25, -0.2) is 0 Å². The Hall–Kier alpha value is -2.48. The molecule has 3 heterocycles. The zero-order valence-electron chi connectivity index (χ0n) is 16.9. The maximum Gasteiger partial charge on any atom is 0.302 e. The van der Waals surface area contributed by atoms with Gasteiger partial charge in [-0.05, 0) is 24.6 Å². The number of hydrogen-bond acceptors (Lipinski definition) is 8. The summed E-state index contributed by atoms with van der Waals surface area (Å²) in [7, 11) is 1.64. The van der Waals surface area contributed by atoms with Crippen molar-refractivity contribution in [2.75, 3.05) is 20.4 Å². The predicted molar refractivity (Wildman–Crippen MR) is 100.0 cm³/mol. The average molecular weight is 403 g/mol. The average Bonchev–Trinajstić information content (AvgIpc) is 3.22. The number of hydrogen-bond donors (Lipinski definition) is 0. The van der Waals surface area contributed by atoms with Gasteiger partial charge in [-0.1, -0.05) is 0 Å². The van der Waals surface area contributed by atoms with Crippen molar-refractivity contribution in [3.8, 4) is 17.2 Å². The highest BCUT2D eigenvalue weighted by atomic mass is 16.7. The number of methoxy groups -OCH3 is 1. The summed E-state index contributed by atoms with van der Waals surface area (Å²) in [6, 6.07) is 2.15. The van der Waals surface area contributed by atoms with Gasteiger partial charge in [-0.15, -0.1) is 0 Å². The zero-order chi connectivity index (χ0) is 20.3. The molecule has 5 atom stereocenters. The van der Waals surface area contributed by atoms with Crippen molar-refractivity contribution in [1.82, 2.24) is 4.90 Å². The monoisotopic (exact) mass is 403 g/mol. The van der Waals surface area contributed by atoms with Crippen LogP contribution in [0.5, 0.6) is 17.2 Å². The molecule has 0 radical (unpaired) electrons. The van der Waals surface area contributed by atoms with Crippen molar-refractivity contribution in [3.05, 3.63) is 17.2 Å². The topological polar surface area (TPSA) is 83.5 Å². The molecule has 1 aliphatic carbocycles. The minimum atomic E-state index is -0.391. The lowest BCUT2D eigenvalue weighted by molar-refractivity contribution is -0.165. The van der Waals surface area contributed by atoms with Crippen LogP contribution >= 0.6 is 0 Å². The number of rotatable bonds is 3. The summed E-state index contributed by atoms with van der Waals surface area (Å²) >= 11 is 0. The fraction of sp³-hybridized carbons (Fsp3) is 0.619. The van der Waals surface area contributed by atoms with Gasteiger partial charge in [-0.3, -0.25) is 14.5 Å². The van der Waals surface area contributed by atoms with Crippen LogP contribution in [0.25, 0.3) is 0 Å². The van der Waals surface area contributed by atoms with E-state index >= 15 is 0 Å². The quantitative estimate of drug-likeness (QED) is 0.708. The molecule has 1 saturated carbocycles. The van der Waals surface area contributed by atoms with Crippen LogP contribution < -0.4 is 14.2 Å². The van der Waals surface area contributed by atoms with E-state index in [9.17, 15) is 9.59 Å². The number of fused-ring (bicyclic) bond motifs is 2. The van der Waals surface area contributed by atoms with Crippen molar-refractivity contribution in [2.45, 2.75) is 63.3 Å². The fourth-order valence-electron chi connectivity index (χ4n) is 5.91. The zero-order valence-corrected chi connectivity index (χ0v) is 16.9. The Morgan fingerprint density at radius 3 is 2.69 bits per heavy atom. The third kappa shape index (κ3) is 2.61. The molecule has 8 nitrogen and oxygen atoms in total. The highest BCUT2D eigenvalue weighted by Gasteiger charge is 2.62. The third-order valence-electron chi connectivity index (χ3n) is 6.82. The first-order valence-electron chi connectivity index (χ1n) is 10.0. The number of benzene rings is 1. The van der Waals surface area contributed by atoms with Crippen LogP contribution in [0.3, 0.4) is 0 Å². The minimum Gasteiger partial charge on any atom is -0.492 e. The van der Waals surface area contributed by atoms with E-state index in [1.165, 1.54) is 13.8 Å².